The highest BCUT2D eigenvalue weighted by molar-refractivity contribution is 6.26. The Balaban J connectivity index is 0.735. The van der Waals surface area contributed by atoms with Gasteiger partial charge in [0, 0.05) is 122 Å². The van der Waals surface area contributed by atoms with Gasteiger partial charge in [0.25, 0.3) is 0 Å². The largest absolute Gasteiger partial charge is 0.456 e. The minimum absolute atomic E-state index is 0.0492. The number of rotatable bonds is 6. The second-order valence-corrected chi connectivity index (χ2v) is 31.1. The van der Waals surface area contributed by atoms with Gasteiger partial charge in [-0.2, -0.15) is 0 Å². The molecule has 0 bridgehead atoms. The molecule has 0 N–H and O–H groups in total. The number of furan rings is 6. The molecule has 0 spiro atoms. The van der Waals surface area contributed by atoms with E-state index in [1.165, 1.54) is 44.5 Å². The number of fused-ring (bicyclic) bond motifs is 28. The van der Waals surface area contributed by atoms with Crippen LogP contribution in [0.4, 0.5) is 34.1 Å². The van der Waals surface area contributed by atoms with Crippen LogP contribution in [-0.2, 0) is 21.7 Å². The molecule has 0 saturated carbocycles. The Labute approximate surface area is 575 Å². The highest BCUT2D eigenvalue weighted by Crippen LogP contribution is 2.62. The summed E-state index contributed by atoms with van der Waals surface area (Å²) in [7, 11) is 0. The van der Waals surface area contributed by atoms with Gasteiger partial charge in [0.05, 0.1) is 22.1 Å². The van der Waals surface area contributed by atoms with Crippen LogP contribution in [0.3, 0.4) is 0 Å². The van der Waals surface area contributed by atoms with Gasteiger partial charge in [0.1, 0.15) is 67.0 Å². The first-order valence-electron chi connectivity index (χ1n) is 34.9. The van der Waals surface area contributed by atoms with Gasteiger partial charge < -0.3 is 36.3 Å². The van der Waals surface area contributed by atoms with Gasteiger partial charge in [-0.3, -0.25) is 0 Å². The Morgan fingerprint density at radius 3 is 0.960 bits per heavy atom. The number of nitrogens with zero attached hydrogens (tertiary/aromatic N) is 2. The van der Waals surface area contributed by atoms with Crippen LogP contribution in [0.1, 0.15) is 103 Å². The fourth-order valence-electron chi connectivity index (χ4n) is 17.5. The smallest absolute Gasteiger partial charge is 0.145 e. The van der Waals surface area contributed by atoms with Crippen LogP contribution in [0.5, 0.6) is 0 Å². The molecule has 0 amide bonds. The quantitative estimate of drug-likeness (QED) is 0.163. The van der Waals surface area contributed by atoms with Crippen molar-refractivity contribution in [3.8, 4) is 22.3 Å². The average Bonchev–Trinajstić information content (AvgIpc) is 1.53. The summed E-state index contributed by atoms with van der Waals surface area (Å²) in [5.41, 5.74) is 27.0. The van der Waals surface area contributed by atoms with E-state index in [-0.39, 0.29) is 10.8 Å². The minimum Gasteiger partial charge on any atom is -0.456 e. The monoisotopic (exact) mass is 1300 g/mol. The number of hydrogen-bond donors (Lipinski definition) is 0. The zero-order valence-electron chi connectivity index (χ0n) is 57.3. The molecule has 0 unspecified atom stereocenters. The topological polar surface area (TPSA) is 85.3 Å². The Morgan fingerprint density at radius 1 is 0.250 bits per heavy atom. The molecule has 19 aromatic rings. The fraction of sp³-hybridized carbons (Fsp3) is 0.152. The Hall–Kier alpha value is -11.7. The van der Waals surface area contributed by atoms with Crippen molar-refractivity contribution in [1.82, 2.24) is 0 Å². The molecular weight excluding hydrogens is 1230 g/mol. The summed E-state index contributed by atoms with van der Waals surface area (Å²) in [5.74, 6) is 0. The Kier molecular flexibility index (Phi) is 11.2. The molecule has 13 aromatic carbocycles. The SMILES string of the molecule is CC(C)(C)c1ccc(N(c2ccc3c(c2)oc2cc4c(cc23)oc2cc(N(c3ccc(C(C)(C)C)cc3)c3cc5c(c6oc7ccccc7c36)-c3c(ccc6oc7ccccc7c36)C5(C)C)ccc24)c2cc3c(c4oc5ccccc5c24)-c2c(ccc4oc5ccccc5c24)C3(C)C)cc1. The highest BCUT2D eigenvalue weighted by Gasteiger charge is 2.44. The van der Waals surface area contributed by atoms with Crippen molar-refractivity contribution in [2.75, 3.05) is 9.80 Å². The van der Waals surface area contributed by atoms with Crippen molar-refractivity contribution >= 4 is 166 Å². The average molecular weight is 1300 g/mol. The van der Waals surface area contributed by atoms with Gasteiger partial charge in [-0.15, -0.1) is 0 Å². The van der Waals surface area contributed by atoms with Gasteiger partial charge in [0.2, 0.25) is 0 Å². The van der Waals surface area contributed by atoms with Gasteiger partial charge in [-0.05, 0) is 153 Å². The van der Waals surface area contributed by atoms with Crippen molar-refractivity contribution in [1.29, 1.82) is 0 Å². The van der Waals surface area contributed by atoms with Crippen molar-refractivity contribution in [3.63, 3.8) is 0 Å². The van der Waals surface area contributed by atoms with Gasteiger partial charge in [-0.25, -0.2) is 0 Å². The molecule has 0 atom stereocenters. The molecule has 2 aliphatic carbocycles. The maximum atomic E-state index is 7.24. The van der Waals surface area contributed by atoms with Crippen LogP contribution >= 0.6 is 0 Å². The zero-order chi connectivity index (χ0) is 67.4. The van der Waals surface area contributed by atoms with Crippen LogP contribution in [0.15, 0.2) is 257 Å². The molecule has 0 radical (unpaired) electrons. The fourth-order valence-corrected chi connectivity index (χ4v) is 17.5. The van der Waals surface area contributed by atoms with E-state index in [1.807, 2.05) is 12.1 Å². The second kappa shape index (κ2) is 19.5. The standard InChI is InChI=1S/C92H68N2O6/c1-89(2,3)49-27-31-51(32-28-49)93(67-47-65-85(87-79(67)57-19-11-17-25-71(57)99-87)83-63(91(65,7)8)39-41-73-81(83)59-21-13-15-23-69(59)95-73)53-35-37-55-61-45-78-62(46-77(61)97-75(55)43-53)56-38-36-54(44-76(56)98-78)94(52-33-29-50(30-34-52)90(4,5)6)68-48-66-86(88-80(68)58-20-12-18-26-72(58)100-88)84-64(92(66,9)10)40-42-74-82(84)60-22-14-16-24-70(60)96-74/h11-48H,1-10H3. The maximum Gasteiger partial charge on any atom is 0.145 e. The lowest BCUT2D eigenvalue weighted by molar-refractivity contribution is 0.590. The summed E-state index contributed by atoms with van der Waals surface area (Å²) < 4.78 is 41.9. The third-order valence-corrected chi connectivity index (χ3v) is 22.6. The normalized spacial score (nSPS) is 14.3. The van der Waals surface area contributed by atoms with Crippen molar-refractivity contribution in [2.24, 2.45) is 0 Å². The number of hydrogen-bond acceptors (Lipinski definition) is 8. The number of benzene rings is 13. The molecule has 0 aliphatic heterocycles. The van der Waals surface area contributed by atoms with E-state index in [4.69, 9.17) is 26.5 Å². The van der Waals surface area contributed by atoms with Crippen molar-refractivity contribution in [2.45, 2.75) is 90.9 Å². The van der Waals surface area contributed by atoms with Gasteiger partial charge >= 0.3 is 0 Å². The van der Waals surface area contributed by atoms with E-state index in [1.54, 1.807) is 0 Å². The van der Waals surface area contributed by atoms with E-state index in [0.717, 1.165) is 177 Å². The molecule has 8 heteroatoms. The van der Waals surface area contributed by atoms with E-state index < -0.39 is 10.8 Å². The first-order valence-corrected chi connectivity index (χ1v) is 34.9. The summed E-state index contributed by atoms with van der Waals surface area (Å²) >= 11 is 0. The molecule has 21 rings (SSSR count). The predicted molar refractivity (Wildman–Crippen MR) is 412 cm³/mol. The van der Waals surface area contributed by atoms with Gasteiger partial charge in [0.15, 0.2) is 0 Å². The lowest BCUT2D eigenvalue weighted by Crippen LogP contribution is -2.17. The van der Waals surface area contributed by atoms with Crippen LogP contribution in [0.25, 0.3) is 154 Å². The molecule has 0 saturated heterocycles. The molecule has 0 fully saturated rings. The summed E-state index contributed by atoms with van der Waals surface area (Å²) in [6.45, 7) is 23.0. The minimum atomic E-state index is -0.398. The van der Waals surface area contributed by atoms with Crippen LogP contribution in [0.2, 0.25) is 0 Å². The Bertz CT molecular complexity index is 6390. The number of para-hydroxylation sites is 4. The molecule has 8 nitrogen and oxygen atoms in total. The third-order valence-electron chi connectivity index (χ3n) is 22.6. The second-order valence-electron chi connectivity index (χ2n) is 31.1. The van der Waals surface area contributed by atoms with Crippen LogP contribution in [0, 0.1) is 0 Å². The molecule has 6 heterocycles. The predicted octanol–water partition coefficient (Wildman–Crippen LogP) is 27.2. The molecule has 2 aliphatic rings. The highest BCUT2D eigenvalue weighted by atomic mass is 16.4. The first-order chi connectivity index (χ1) is 48.3. The van der Waals surface area contributed by atoms with E-state index >= 15 is 0 Å². The lowest BCUT2D eigenvalue weighted by Gasteiger charge is -2.29. The number of anilines is 6. The van der Waals surface area contributed by atoms with E-state index in [0.29, 0.717) is 0 Å². The zero-order valence-corrected chi connectivity index (χ0v) is 57.3. The molecule has 6 aromatic heterocycles. The summed E-state index contributed by atoms with van der Waals surface area (Å²) in [4.78, 5) is 4.82. The van der Waals surface area contributed by atoms with Crippen LogP contribution in [-0.4, -0.2) is 0 Å². The van der Waals surface area contributed by atoms with E-state index in [2.05, 4.69) is 297 Å². The van der Waals surface area contributed by atoms with Crippen molar-refractivity contribution < 1.29 is 26.5 Å². The summed E-state index contributed by atoms with van der Waals surface area (Å²) in [6, 6.07) is 83.3. The summed E-state index contributed by atoms with van der Waals surface area (Å²) in [6.07, 6.45) is 0. The molecule has 482 valence electrons. The molecular formula is C92H68N2O6. The third kappa shape index (κ3) is 7.76. The van der Waals surface area contributed by atoms with Crippen LogP contribution < -0.4 is 9.80 Å². The molecule has 100 heavy (non-hydrogen) atoms. The van der Waals surface area contributed by atoms with Crippen molar-refractivity contribution in [3.05, 3.63) is 264 Å². The lowest BCUT2D eigenvalue weighted by atomic mass is 9.81. The first kappa shape index (κ1) is 57.3. The maximum absolute atomic E-state index is 7.24. The van der Waals surface area contributed by atoms with Gasteiger partial charge in [-0.1, -0.05) is 178 Å². The summed E-state index contributed by atoms with van der Waals surface area (Å²) in [5, 5.41) is 12.6. The Morgan fingerprint density at radius 2 is 0.580 bits per heavy atom. The van der Waals surface area contributed by atoms with E-state index in [9.17, 15) is 0 Å².